The van der Waals surface area contributed by atoms with Gasteiger partial charge in [0.1, 0.15) is 29.6 Å². The molecule has 2 amide bonds. The van der Waals surface area contributed by atoms with Gasteiger partial charge in [-0.25, -0.2) is 13.8 Å². The number of benzene rings is 2. The first-order chi connectivity index (χ1) is 22.2. The normalized spacial score (nSPS) is 19.3. The van der Waals surface area contributed by atoms with Crippen LogP contribution in [0.4, 0.5) is 8.78 Å². The molecule has 9 nitrogen and oxygen atoms in total. The highest BCUT2D eigenvalue weighted by molar-refractivity contribution is 7.15. The molecule has 2 aliphatic rings. The summed E-state index contributed by atoms with van der Waals surface area (Å²) < 4.78 is 30.0. The molecular weight excluding hydrogens is 610 g/mol. The summed E-state index contributed by atoms with van der Waals surface area (Å²) in [5, 5.41) is 12.3. The Labute approximate surface area is 267 Å². The van der Waals surface area contributed by atoms with Crippen molar-refractivity contribution >= 4 is 39.8 Å². The van der Waals surface area contributed by atoms with Gasteiger partial charge in [-0.1, -0.05) is 6.07 Å². The third-order valence-electron chi connectivity index (χ3n) is 8.71. The van der Waals surface area contributed by atoms with Crippen LogP contribution >= 0.6 is 11.3 Å². The number of carbonyl (C=O) groups excluding carboxylic acids is 3. The summed E-state index contributed by atoms with van der Waals surface area (Å²) in [5.74, 6) is -1.29. The summed E-state index contributed by atoms with van der Waals surface area (Å²) in [5.41, 5.74) is 4.52. The van der Waals surface area contributed by atoms with Crippen LogP contribution in [-0.2, 0) is 22.6 Å². The third-order valence-corrected chi connectivity index (χ3v) is 9.98. The Bertz CT molecular complexity index is 1960. The number of amides is 2. The lowest BCUT2D eigenvalue weighted by atomic mass is 9.97. The fourth-order valence-corrected chi connectivity index (χ4v) is 7.64. The second kappa shape index (κ2) is 12.2. The Hall–Kier alpha value is -4.84. The molecule has 1 fully saturated rings. The topological polar surface area (TPSA) is 110 Å². The molecule has 2 aromatic carbocycles. The van der Waals surface area contributed by atoms with Gasteiger partial charge >= 0.3 is 0 Å². The lowest BCUT2D eigenvalue weighted by Crippen LogP contribution is -2.48. The number of aromatic nitrogens is 4. The largest absolute Gasteiger partial charge is 0.347 e. The van der Waals surface area contributed by atoms with E-state index in [0.717, 1.165) is 45.1 Å². The van der Waals surface area contributed by atoms with Gasteiger partial charge in [0, 0.05) is 40.2 Å². The highest BCUT2D eigenvalue weighted by Gasteiger charge is 2.41. The summed E-state index contributed by atoms with van der Waals surface area (Å²) in [6, 6.07) is 12.3. The highest BCUT2D eigenvalue weighted by atomic mass is 32.1. The number of rotatable bonds is 7. The molecule has 1 unspecified atom stereocenters. The highest BCUT2D eigenvalue weighted by Crippen LogP contribution is 2.38. The maximum absolute atomic E-state index is 14.8. The van der Waals surface area contributed by atoms with Gasteiger partial charge in [0.2, 0.25) is 11.8 Å². The SMILES string of the molecule is CC(=O)c1cn(CC(=O)N2C[C@H](F)C[C@H]2C(=O)NC2CCCc3nc(-c4ccc(F)cc4)sc32)c2ccc(-c3ccnnc3)cc12. The molecule has 3 atom stereocenters. The fraction of sp³-hybridized carbons (Fsp3) is 0.294. The van der Waals surface area contributed by atoms with Gasteiger partial charge in [0.05, 0.1) is 35.6 Å². The van der Waals surface area contributed by atoms with Crippen molar-refractivity contribution in [3.05, 3.63) is 89.1 Å². The van der Waals surface area contributed by atoms with Gasteiger partial charge in [0.25, 0.3) is 0 Å². The smallest absolute Gasteiger partial charge is 0.243 e. The summed E-state index contributed by atoms with van der Waals surface area (Å²) in [4.78, 5) is 46.9. The number of nitrogens with zero attached hydrogens (tertiary/aromatic N) is 5. The Kier molecular flexibility index (Phi) is 7.89. The van der Waals surface area contributed by atoms with Gasteiger partial charge in [-0.15, -0.1) is 11.3 Å². The molecular formula is C34H30F2N6O3S. The minimum Gasteiger partial charge on any atom is -0.347 e. The minimum atomic E-state index is -1.33. The predicted octanol–water partition coefficient (Wildman–Crippen LogP) is 5.70. The van der Waals surface area contributed by atoms with E-state index in [1.54, 1.807) is 35.3 Å². The van der Waals surface area contributed by atoms with E-state index in [1.165, 1.54) is 35.3 Å². The Morgan fingerprint density at radius 2 is 1.85 bits per heavy atom. The first-order valence-electron chi connectivity index (χ1n) is 15.2. The van der Waals surface area contributed by atoms with Crippen molar-refractivity contribution in [2.24, 2.45) is 0 Å². The molecule has 5 aromatic rings. The number of thiazole rings is 1. The van der Waals surface area contributed by atoms with Gasteiger partial charge in [-0.3, -0.25) is 14.4 Å². The maximum atomic E-state index is 14.8. The third kappa shape index (κ3) is 5.68. The van der Waals surface area contributed by atoms with Crippen molar-refractivity contribution in [2.75, 3.05) is 6.54 Å². The fourth-order valence-electron chi connectivity index (χ4n) is 6.44. The molecule has 0 radical (unpaired) electrons. The zero-order chi connectivity index (χ0) is 31.9. The first-order valence-corrected chi connectivity index (χ1v) is 16.0. The molecule has 12 heteroatoms. The quantitative estimate of drug-likeness (QED) is 0.229. The van der Waals surface area contributed by atoms with Crippen molar-refractivity contribution in [3.63, 3.8) is 0 Å². The van der Waals surface area contributed by atoms with E-state index in [0.29, 0.717) is 22.9 Å². The molecule has 0 saturated carbocycles. The van der Waals surface area contributed by atoms with E-state index < -0.39 is 24.0 Å². The van der Waals surface area contributed by atoms with E-state index in [4.69, 9.17) is 4.98 Å². The Morgan fingerprint density at radius 1 is 1.04 bits per heavy atom. The number of alkyl halides is 1. The van der Waals surface area contributed by atoms with Crippen molar-refractivity contribution in [1.82, 2.24) is 30.0 Å². The molecule has 0 bridgehead atoms. The average Bonchev–Trinajstić information content (AvgIpc) is 3.77. The summed E-state index contributed by atoms with van der Waals surface area (Å²) in [7, 11) is 0. The number of Topliss-reactive ketones (excluding diaryl/α,β-unsaturated/α-hetero) is 1. The molecule has 1 N–H and O–H groups in total. The van der Waals surface area contributed by atoms with Crippen LogP contribution in [0.15, 0.2) is 67.1 Å². The number of ketones is 1. The van der Waals surface area contributed by atoms with Crippen molar-refractivity contribution in [1.29, 1.82) is 0 Å². The number of carbonyl (C=O) groups is 3. The zero-order valence-corrected chi connectivity index (χ0v) is 25.8. The van der Waals surface area contributed by atoms with E-state index >= 15 is 0 Å². The van der Waals surface area contributed by atoms with Crippen LogP contribution in [0.3, 0.4) is 0 Å². The van der Waals surface area contributed by atoms with Gasteiger partial charge in [0.15, 0.2) is 5.78 Å². The van der Waals surface area contributed by atoms with Crippen LogP contribution in [0.2, 0.25) is 0 Å². The predicted molar refractivity (Wildman–Crippen MR) is 169 cm³/mol. The Morgan fingerprint density at radius 3 is 2.61 bits per heavy atom. The molecule has 7 rings (SSSR count). The molecule has 46 heavy (non-hydrogen) atoms. The van der Waals surface area contributed by atoms with Crippen LogP contribution in [0, 0.1) is 5.82 Å². The van der Waals surface area contributed by atoms with Crippen molar-refractivity contribution < 1.29 is 23.2 Å². The second-order valence-electron chi connectivity index (χ2n) is 11.8. The number of likely N-dealkylation sites (tertiary alicyclic amines) is 1. The van der Waals surface area contributed by atoms with E-state index in [1.807, 2.05) is 24.3 Å². The molecule has 1 aliphatic carbocycles. The van der Waals surface area contributed by atoms with Gasteiger partial charge in [-0.05, 0) is 74.2 Å². The molecule has 234 valence electrons. The maximum Gasteiger partial charge on any atom is 0.243 e. The van der Waals surface area contributed by atoms with Crippen LogP contribution in [-0.4, -0.2) is 61.0 Å². The van der Waals surface area contributed by atoms with Gasteiger partial charge < -0.3 is 14.8 Å². The monoisotopic (exact) mass is 640 g/mol. The molecule has 1 saturated heterocycles. The second-order valence-corrected chi connectivity index (χ2v) is 12.8. The standard InChI is InChI=1S/C34H30F2N6O3S/c1-19(43)26-17-41(29-10-7-21(13-25(26)29)22-11-12-37-38-15-22)18-31(44)42-16-24(36)14-30(42)33(45)39-27-3-2-4-28-32(27)46-34(40-28)20-5-8-23(35)9-6-20/h5-13,15,17,24,27,30H,2-4,14,16,18H2,1H3,(H,39,45)/t24-,27?,30+/m1/s1. The van der Waals surface area contributed by atoms with Crippen LogP contribution in [0.25, 0.3) is 32.6 Å². The molecule has 1 aliphatic heterocycles. The van der Waals surface area contributed by atoms with Crippen LogP contribution < -0.4 is 5.32 Å². The van der Waals surface area contributed by atoms with Crippen molar-refractivity contribution in [2.45, 2.75) is 57.4 Å². The number of fused-ring (bicyclic) bond motifs is 2. The Balaban J connectivity index is 1.10. The molecule has 3 aromatic heterocycles. The van der Waals surface area contributed by atoms with Gasteiger partial charge in [-0.2, -0.15) is 10.2 Å². The summed E-state index contributed by atoms with van der Waals surface area (Å²) >= 11 is 1.46. The van der Waals surface area contributed by atoms with Crippen LogP contribution in [0.5, 0.6) is 0 Å². The summed E-state index contributed by atoms with van der Waals surface area (Å²) in [6.45, 7) is 1.14. The number of nitrogens with one attached hydrogen (secondary N) is 1. The number of hydrogen-bond acceptors (Lipinski definition) is 7. The number of halogens is 2. The van der Waals surface area contributed by atoms with E-state index in [9.17, 15) is 23.2 Å². The first kappa shape index (κ1) is 29.8. The zero-order valence-electron chi connectivity index (χ0n) is 25.0. The van der Waals surface area contributed by atoms with E-state index in [-0.39, 0.29) is 37.2 Å². The average molecular weight is 641 g/mol. The lowest BCUT2D eigenvalue weighted by Gasteiger charge is -2.28. The van der Waals surface area contributed by atoms with Crippen LogP contribution in [0.1, 0.15) is 53.2 Å². The number of hydrogen-bond donors (Lipinski definition) is 1. The summed E-state index contributed by atoms with van der Waals surface area (Å²) in [6.07, 6.45) is 5.74. The van der Waals surface area contributed by atoms with E-state index in [2.05, 4.69) is 15.5 Å². The lowest BCUT2D eigenvalue weighted by molar-refractivity contribution is -0.139. The molecule has 0 spiro atoms. The number of aryl methyl sites for hydroxylation is 1. The van der Waals surface area contributed by atoms with Crippen molar-refractivity contribution in [3.8, 4) is 21.7 Å². The minimum absolute atomic E-state index is 0.0882. The molecule has 4 heterocycles.